The Labute approximate surface area is 200 Å². The summed E-state index contributed by atoms with van der Waals surface area (Å²) in [6.45, 7) is 0.316. The molecule has 1 aliphatic rings. The number of aromatic amines is 1. The summed E-state index contributed by atoms with van der Waals surface area (Å²) in [5, 5.41) is 29.8. The Hall–Kier alpha value is -3.93. The molecule has 12 heteroatoms. The molecule has 3 amide bonds. The van der Waals surface area contributed by atoms with Crippen LogP contribution >= 0.6 is 0 Å². The highest BCUT2D eigenvalue weighted by atomic mass is 16.4. The van der Waals surface area contributed by atoms with Crippen molar-refractivity contribution in [2.75, 3.05) is 13.1 Å². The Balaban J connectivity index is 1.62. The Morgan fingerprint density at radius 2 is 1.83 bits per heavy atom. The summed E-state index contributed by atoms with van der Waals surface area (Å²) >= 11 is 0. The van der Waals surface area contributed by atoms with Crippen molar-refractivity contribution in [3.05, 3.63) is 36.0 Å². The van der Waals surface area contributed by atoms with Gasteiger partial charge >= 0.3 is 11.9 Å². The number of carbonyl (C=O) groups is 5. The minimum absolute atomic E-state index is 0.0187. The van der Waals surface area contributed by atoms with Gasteiger partial charge in [0.25, 0.3) is 0 Å². The monoisotopic (exact) mass is 487 g/mol. The first-order valence-corrected chi connectivity index (χ1v) is 11.3. The molecule has 0 radical (unpaired) electrons. The molecule has 0 saturated carbocycles. The molecule has 1 saturated heterocycles. The molecule has 3 atom stereocenters. The highest BCUT2D eigenvalue weighted by molar-refractivity contribution is 5.93. The summed E-state index contributed by atoms with van der Waals surface area (Å²) in [7, 11) is 0. The standard InChI is InChI=1S/C23H29N5O7/c29-19(12-26-21(32)16-6-3-9-24-16)27-17(7-8-20(30)31)22(33)28-18(23(34)35)10-13-11-25-15-5-2-1-4-14(13)15/h1-2,4-5,11,16-18,24-25H,3,6-10,12H2,(H,26,32)(H,27,29)(H,28,33)(H,30,31)(H,34,35). The van der Waals surface area contributed by atoms with Crippen LogP contribution in [0.15, 0.2) is 30.5 Å². The van der Waals surface area contributed by atoms with E-state index >= 15 is 0 Å². The lowest BCUT2D eigenvalue weighted by Gasteiger charge is -2.21. The van der Waals surface area contributed by atoms with Crippen LogP contribution in [0.5, 0.6) is 0 Å². The molecule has 35 heavy (non-hydrogen) atoms. The van der Waals surface area contributed by atoms with Gasteiger partial charge in [-0.3, -0.25) is 19.2 Å². The van der Waals surface area contributed by atoms with Gasteiger partial charge in [0.1, 0.15) is 12.1 Å². The number of H-pyrrole nitrogens is 1. The Kier molecular flexibility index (Phi) is 8.79. The molecule has 1 aromatic heterocycles. The van der Waals surface area contributed by atoms with E-state index in [1.165, 1.54) is 0 Å². The SMILES string of the molecule is O=C(O)CCC(NC(=O)CNC(=O)C1CCCN1)C(=O)NC(Cc1c[nH]c2ccccc12)C(=O)O. The first kappa shape index (κ1) is 25.7. The number of fused-ring (bicyclic) bond motifs is 1. The van der Waals surface area contributed by atoms with Gasteiger partial charge < -0.3 is 36.5 Å². The van der Waals surface area contributed by atoms with Gasteiger partial charge in [-0.1, -0.05) is 18.2 Å². The van der Waals surface area contributed by atoms with Crippen LogP contribution in [0.3, 0.4) is 0 Å². The maximum Gasteiger partial charge on any atom is 0.326 e. The van der Waals surface area contributed by atoms with Crippen molar-refractivity contribution < 1.29 is 34.2 Å². The number of aliphatic carboxylic acids is 2. The molecular weight excluding hydrogens is 458 g/mol. The number of para-hydroxylation sites is 1. The van der Waals surface area contributed by atoms with Gasteiger partial charge in [-0.2, -0.15) is 0 Å². The normalized spacial score (nSPS) is 16.9. The van der Waals surface area contributed by atoms with Crippen LogP contribution < -0.4 is 21.3 Å². The van der Waals surface area contributed by atoms with Crippen LogP contribution in [0.1, 0.15) is 31.2 Å². The minimum Gasteiger partial charge on any atom is -0.481 e. The molecule has 188 valence electrons. The van der Waals surface area contributed by atoms with Crippen molar-refractivity contribution in [2.45, 2.75) is 50.2 Å². The molecule has 12 nitrogen and oxygen atoms in total. The number of amides is 3. The second kappa shape index (κ2) is 12.0. The highest BCUT2D eigenvalue weighted by Gasteiger charge is 2.28. The fourth-order valence-corrected chi connectivity index (χ4v) is 3.97. The molecule has 3 unspecified atom stereocenters. The molecule has 2 aromatic rings. The summed E-state index contributed by atoms with van der Waals surface area (Å²) in [6, 6.07) is 4.34. The summed E-state index contributed by atoms with van der Waals surface area (Å²) in [5.74, 6) is -4.30. The number of aromatic nitrogens is 1. The number of benzene rings is 1. The molecular formula is C23H29N5O7. The molecule has 2 heterocycles. The van der Waals surface area contributed by atoms with Crippen molar-refractivity contribution in [1.82, 2.24) is 26.3 Å². The van der Waals surface area contributed by atoms with Gasteiger partial charge in [0, 0.05) is 29.9 Å². The van der Waals surface area contributed by atoms with Crippen molar-refractivity contribution in [1.29, 1.82) is 0 Å². The number of hydrogen-bond acceptors (Lipinski definition) is 6. The average molecular weight is 488 g/mol. The van der Waals surface area contributed by atoms with Crippen LogP contribution in [0, 0.1) is 0 Å². The topological polar surface area (TPSA) is 190 Å². The molecule has 0 bridgehead atoms. The fourth-order valence-electron chi connectivity index (χ4n) is 3.97. The summed E-state index contributed by atoms with van der Waals surface area (Å²) in [4.78, 5) is 63.2. The highest BCUT2D eigenvalue weighted by Crippen LogP contribution is 2.19. The smallest absolute Gasteiger partial charge is 0.326 e. The van der Waals surface area contributed by atoms with E-state index in [1.807, 2.05) is 24.3 Å². The van der Waals surface area contributed by atoms with Gasteiger partial charge in [0.2, 0.25) is 17.7 Å². The molecule has 1 aromatic carbocycles. The van der Waals surface area contributed by atoms with E-state index in [0.29, 0.717) is 18.5 Å². The van der Waals surface area contributed by atoms with E-state index in [2.05, 4.69) is 26.3 Å². The Morgan fingerprint density at radius 1 is 1.06 bits per heavy atom. The van der Waals surface area contributed by atoms with E-state index in [0.717, 1.165) is 17.3 Å². The number of rotatable bonds is 12. The Morgan fingerprint density at radius 3 is 2.51 bits per heavy atom. The summed E-state index contributed by atoms with van der Waals surface area (Å²) in [5.41, 5.74) is 1.50. The van der Waals surface area contributed by atoms with Crippen LogP contribution in [-0.4, -0.2) is 76.1 Å². The van der Waals surface area contributed by atoms with Crippen molar-refractivity contribution in [3.63, 3.8) is 0 Å². The summed E-state index contributed by atoms with van der Waals surface area (Å²) in [6.07, 6.45) is 2.49. The third-order valence-corrected chi connectivity index (χ3v) is 5.81. The quantitative estimate of drug-likeness (QED) is 0.208. The Bertz CT molecular complexity index is 1090. The number of carbonyl (C=O) groups excluding carboxylic acids is 3. The molecule has 1 fully saturated rings. The van der Waals surface area contributed by atoms with E-state index in [9.17, 15) is 29.1 Å². The number of carboxylic acids is 2. The van der Waals surface area contributed by atoms with Crippen LogP contribution in [0.25, 0.3) is 10.9 Å². The molecule has 1 aliphatic heterocycles. The van der Waals surface area contributed by atoms with Crippen molar-refractivity contribution in [3.8, 4) is 0 Å². The van der Waals surface area contributed by atoms with Gasteiger partial charge in [0.05, 0.1) is 12.6 Å². The first-order chi connectivity index (χ1) is 16.7. The van der Waals surface area contributed by atoms with E-state index in [1.54, 1.807) is 6.20 Å². The third-order valence-electron chi connectivity index (χ3n) is 5.81. The van der Waals surface area contributed by atoms with Gasteiger partial charge in [0.15, 0.2) is 0 Å². The number of hydrogen-bond donors (Lipinski definition) is 7. The van der Waals surface area contributed by atoms with Gasteiger partial charge in [-0.05, 0) is 37.4 Å². The predicted molar refractivity (Wildman–Crippen MR) is 124 cm³/mol. The molecule has 3 rings (SSSR count). The average Bonchev–Trinajstić information content (AvgIpc) is 3.50. The lowest BCUT2D eigenvalue weighted by atomic mass is 10.0. The zero-order valence-corrected chi connectivity index (χ0v) is 19.0. The predicted octanol–water partition coefficient (Wildman–Crippen LogP) is -0.502. The maximum atomic E-state index is 12.9. The van der Waals surface area contributed by atoms with Crippen LogP contribution in [0.4, 0.5) is 0 Å². The van der Waals surface area contributed by atoms with Gasteiger partial charge in [-0.25, -0.2) is 4.79 Å². The van der Waals surface area contributed by atoms with Gasteiger partial charge in [-0.15, -0.1) is 0 Å². The summed E-state index contributed by atoms with van der Waals surface area (Å²) < 4.78 is 0. The number of carboxylic acid groups (broad SMARTS) is 2. The third kappa shape index (κ3) is 7.27. The minimum atomic E-state index is -1.31. The van der Waals surface area contributed by atoms with Crippen molar-refractivity contribution in [2.24, 2.45) is 0 Å². The molecule has 0 aliphatic carbocycles. The zero-order valence-electron chi connectivity index (χ0n) is 19.0. The number of nitrogens with one attached hydrogen (secondary N) is 5. The van der Waals surface area contributed by atoms with E-state index < -0.39 is 48.8 Å². The fraction of sp³-hybridized carbons (Fsp3) is 0.435. The van der Waals surface area contributed by atoms with E-state index in [4.69, 9.17) is 5.11 Å². The zero-order chi connectivity index (χ0) is 25.4. The lowest BCUT2D eigenvalue weighted by molar-refractivity contribution is -0.143. The van der Waals surface area contributed by atoms with Crippen LogP contribution in [0.2, 0.25) is 0 Å². The second-order valence-corrected chi connectivity index (χ2v) is 8.38. The van der Waals surface area contributed by atoms with Crippen molar-refractivity contribution >= 4 is 40.6 Å². The molecule has 0 spiro atoms. The maximum absolute atomic E-state index is 12.9. The second-order valence-electron chi connectivity index (χ2n) is 8.38. The first-order valence-electron chi connectivity index (χ1n) is 11.3. The van der Waals surface area contributed by atoms with Crippen LogP contribution in [-0.2, 0) is 30.4 Å². The largest absolute Gasteiger partial charge is 0.481 e. The lowest BCUT2D eigenvalue weighted by Crippen LogP contribution is -2.54. The molecule has 7 N–H and O–H groups in total. The van der Waals surface area contributed by atoms with E-state index in [-0.39, 0.29) is 24.8 Å².